The van der Waals surface area contributed by atoms with Crippen LogP contribution in [0, 0.1) is 13.8 Å². The molecule has 0 spiro atoms. The molecule has 20 heavy (non-hydrogen) atoms. The minimum absolute atomic E-state index is 0.0893. The molecule has 0 unspecified atom stereocenters. The van der Waals surface area contributed by atoms with E-state index in [9.17, 15) is 4.79 Å². The second kappa shape index (κ2) is 6.24. The minimum atomic E-state index is -0.0893. The monoisotopic (exact) mass is 268 g/mol. The van der Waals surface area contributed by atoms with Crippen LogP contribution in [0.3, 0.4) is 0 Å². The Hall–Kier alpha value is -2.29. The molecule has 0 bridgehead atoms. The van der Waals surface area contributed by atoms with Crippen LogP contribution in [-0.4, -0.2) is 12.5 Å². The predicted molar refractivity (Wildman–Crippen MR) is 84.5 cm³/mol. The summed E-state index contributed by atoms with van der Waals surface area (Å²) in [5.41, 5.74) is 4.63. The lowest BCUT2D eigenvalue weighted by Gasteiger charge is -2.12. The fourth-order valence-corrected chi connectivity index (χ4v) is 2.17. The number of aryl methyl sites for hydroxylation is 2. The van der Waals surface area contributed by atoms with Crippen molar-refractivity contribution in [3.63, 3.8) is 0 Å². The summed E-state index contributed by atoms with van der Waals surface area (Å²) >= 11 is 0. The SMILES string of the molecule is CCNc1ccccc1C(=O)Nc1ccc(C)cc1C. The standard InChI is InChI=1S/C17H20N2O/c1-4-18-16-8-6-5-7-14(16)17(20)19-15-10-9-12(2)11-13(15)3/h5-11,18H,4H2,1-3H3,(H,19,20). The van der Waals surface area contributed by atoms with E-state index >= 15 is 0 Å². The van der Waals surface area contributed by atoms with Gasteiger partial charge < -0.3 is 10.6 Å². The molecule has 2 rings (SSSR count). The lowest BCUT2D eigenvalue weighted by atomic mass is 10.1. The van der Waals surface area contributed by atoms with Crippen molar-refractivity contribution >= 4 is 17.3 Å². The molecular weight excluding hydrogens is 248 g/mol. The first-order valence-electron chi connectivity index (χ1n) is 6.83. The Morgan fingerprint density at radius 3 is 2.50 bits per heavy atom. The number of benzene rings is 2. The van der Waals surface area contributed by atoms with Gasteiger partial charge in [-0.05, 0) is 44.5 Å². The highest BCUT2D eigenvalue weighted by Gasteiger charge is 2.11. The van der Waals surface area contributed by atoms with Crippen LogP contribution >= 0.6 is 0 Å². The zero-order valence-corrected chi connectivity index (χ0v) is 12.2. The molecule has 0 saturated heterocycles. The Bertz CT molecular complexity index is 620. The Kier molecular flexibility index (Phi) is 4.41. The molecule has 0 aliphatic heterocycles. The molecule has 104 valence electrons. The molecule has 0 heterocycles. The topological polar surface area (TPSA) is 41.1 Å². The van der Waals surface area contributed by atoms with Crippen molar-refractivity contribution in [2.24, 2.45) is 0 Å². The summed E-state index contributed by atoms with van der Waals surface area (Å²) < 4.78 is 0. The third-order valence-corrected chi connectivity index (χ3v) is 3.17. The molecule has 0 aliphatic carbocycles. The van der Waals surface area contributed by atoms with Gasteiger partial charge in [-0.15, -0.1) is 0 Å². The summed E-state index contributed by atoms with van der Waals surface area (Å²) in [7, 11) is 0. The van der Waals surface area contributed by atoms with Crippen molar-refractivity contribution < 1.29 is 4.79 Å². The first kappa shape index (κ1) is 14.1. The average molecular weight is 268 g/mol. The number of hydrogen-bond donors (Lipinski definition) is 2. The predicted octanol–water partition coefficient (Wildman–Crippen LogP) is 3.99. The van der Waals surface area contributed by atoms with Gasteiger partial charge in [0.1, 0.15) is 0 Å². The summed E-state index contributed by atoms with van der Waals surface area (Å²) in [5, 5.41) is 6.18. The number of carbonyl (C=O) groups excluding carboxylic acids is 1. The molecule has 2 aromatic carbocycles. The van der Waals surface area contributed by atoms with Crippen molar-refractivity contribution in [3.05, 3.63) is 59.2 Å². The van der Waals surface area contributed by atoms with E-state index in [0.29, 0.717) is 5.56 Å². The third-order valence-electron chi connectivity index (χ3n) is 3.17. The Morgan fingerprint density at radius 2 is 1.80 bits per heavy atom. The molecule has 2 N–H and O–H groups in total. The molecule has 0 aromatic heterocycles. The van der Waals surface area contributed by atoms with Gasteiger partial charge in [-0.3, -0.25) is 4.79 Å². The zero-order chi connectivity index (χ0) is 14.5. The van der Waals surface area contributed by atoms with Gasteiger partial charge in [0.15, 0.2) is 0 Å². The van der Waals surface area contributed by atoms with Crippen LogP contribution in [0.2, 0.25) is 0 Å². The molecule has 0 saturated carbocycles. The van der Waals surface area contributed by atoms with Gasteiger partial charge in [0.2, 0.25) is 0 Å². The van der Waals surface area contributed by atoms with E-state index in [-0.39, 0.29) is 5.91 Å². The number of rotatable bonds is 4. The lowest BCUT2D eigenvalue weighted by Crippen LogP contribution is -2.15. The molecule has 2 aromatic rings. The Labute approximate surface area is 120 Å². The summed E-state index contributed by atoms with van der Waals surface area (Å²) in [6.45, 7) is 6.84. The van der Waals surface area contributed by atoms with Crippen molar-refractivity contribution in [3.8, 4) is 0 Å². The van der Waals surface area contributed by atoms with Crippen LogP contribution in [0.4, 0.5) is 11.4 Å². The summed E-state index contributed by atoms with van der Waals surface area (Å²) in [6, 6.07) is 13.5. The third kappa shape index (κ3) is 3.18. The molecule has 3 heteroatoms. The van der Waals surface area contributed by atoms with Gasteiger partial charge in [0.25, 0.3) is 5.91 Å². The second-order valence-electron chi connectivity index (χ2n) is 4.85. The summed E-state index contributed by atoms with van der Waals surface area (Å²) in [4.78, 5) is 12.4. The van der Waals surface area contributed by atoms with Crippen LogP contribution in [0.5, 0.6) is 0 Å². The smallest absolute Gasteiger partial charge is 0.257 e. The van der Waals surface area contributed by atoms with Gasteiger partial charge >= 0.3 is 0 Å². The molecule has 0 radical (unpaired) electrons. The van der Waals surface area contributed by atoms with Crippen LogP contribution in [-0.2, 0) is 0 Å². The van der Waals surface area contributed by atoms with Crippen LogP contribution in [0.1, 0.15) is 28.4 Å². The van der Waals surface area contributed by atoms with Crippen LogP contribution in [0.25, 0.3) is 0 Å². The first-order valence-corrected chi connectivity index (χ1v) is 6.83. The fourth-order valence-electron chi connectivity index (χ4n) is 2.17. The molecule has 0 fully saturated rings. The Balaban J connectivity index is 2.24. The molecule has 0 aliphatic rings. The number of hydrogen-bond acceptors (Lipinski definition) is 2. The van der Waals surface area contributed by atoms with Gasteiger partial charge in [0.05, 0.1) is 5.56 Å². The molecular formula is C17H20N2O. The van der Waals surface area contributed by atoms with Crippen molar-refractivity contribution in [2.75, 3.05) is 17.2 Å². The Morgan fingerprint density at radius 1 is 1.05 bits per heavy atom. The minimum Gasteiger partial charge on any atom is -0.385 e. The highest BCUT2D eigenvalue weighted by atomic mass is 16.1. The van der Waals surface area contributed by atoms with Crippen molar-refractivity contribution in [1.82, 2.24) is 0 Å². The van der Waals surface area contributed by atoms with Gasteiger partial charge in [-0.2, -0.15) is 0 Å². The van der Waals surface area contributed by atoms with E-state index in [4.69, 9.17) is 0 Å². The molecule has 1 amide bonds. The lowest BCUT2D eigenvalue weighted by molar-refractivity contribution is 0.102. The molecule has 0 atom stereocenters. The average Bonchev–Trinajstić information content (AvgIpc) is 2.43. The van der Waals surface area contributed by atoms with E-state index in [1.807, 2.05) is 57.2 Å². The highest BCUT2D eigenvalue weighted by Crippen LogP contribution is 2.20. The van der Waals surface area contributed by atoms with E-state index in [2.05, 4.69) is 16.7 Å². The van der Waals surface area contributed by atoms with Gasteiger partial charge in [-0.1, -0.05) is 29.8 Å². The van der Waals surface area contributed by atoms with E-state index < -0.39 is 0 Å². The van der Waals surface area contributed by atoms with Crippen LogP contribution in [0.15, 0.2) is 42.5 Å². The quantitative estimate of drug-likeness (QED) is 0.880. The fraction of sp³-hybridized carbons (Fsp3) is 0.235. The maximum absolute atomic E-state index is 12.4. The van der Waals surface area contributed by atoms with E-state index in [1.165, 1.54) is 5.56 Å². The number of amides is 1. The van der Waals surface area contributed by atoms with E-state index in [1.54, 1.807) is 0 Å². The number of para-hydroxylation sites is 1. The van der Waals surface area contributed by atoms with Crippen LogP contribution < -0.4 is 10.6 Å². The van der Waals surface area contributed by atoms with E-state index in [0.717, 1.165) is 23.5 Å². The maximum Gasteiger partial charge on any atom is 0.257 e. The summed E-state index contributed by atoms with van der Waals surface area (Å²) in [5.74, 6) is -0.0893. The molecule has 3 nitrogen and oxygen atoms in total. The second-order valence-corrected chi connectivity index (χ2v) is 4.85. The maximum atomic E-state index is 12.4. The van der Waals surface area contributed by atoms with Gasteiger partial charge in [0, 0.05) is 17.9 Å². The summed E-state index contributed by atoms with van der Waals surface area (Å²) in [6.07, 6.45) is 0. The first-order chi connectivity index (χ1) is 9.61. The zero-order valence-electron chi connectivity index (χ0n) is 12.2. The largest absolute Gasteiger partial charge is 0.385 e. The number of anilines is 2. The van der Waals surface area contributed by atoms with Crippen molar-refractivity contribution in [2.45, 2.75) is 20.8 Å². The number of carbonyl (C=O) groups is 1. The normalized spacial score (nSPS) is 10.2. The number of nitrogens with one attached hydrogen (secondary N) is 2. The van der Waals surface area contributed by atoms with Crippen molar-refractivity contribution in [1.29, 1.82) is 0 Å². The van der Waals surface area contributed by atoms with Gasteiger partial charge in [-0.25, -0.2) is 0 Å². The highest BCUT2D eigenvalue weighted by molar-refractivity contribution is 6.08.